The largest absolute Gasteiger partial charge is 0.475 e. The summed E-state index contributed by atoms with van der Waals surface area (Å²) in [6.45, 7) is 1.72. The summed E-state index contributed by atoms with van der Waals surface area (Å²) in [5.74, 6) is 0.435. The standard InChI is InChI=1S/C13H18ClN3O2.2ClH/c14-10-4-3-7-17-13(10)19-9-8-16-12(18)11-5-1-2-6-15-11;;/h3-4,7,11,15H,1-2,5-6,8-9H2,(H,16,18);2*1H/t11-;;/m1../s1. The average molecular weight is 357 g/mol. The number of nitrogens with one attached hydrogen (secondary N) is 2. The summed E-state index contributed by atoms with van der Waals surface area (Å²) in [6.07, 6.45) is 4.76. The minimum absolute atomic E-state index is 0. The van der Waals surface area contributed by atoms with Crippen LogP contribution in [0, 0.1) is 0 Å². The summed E-state index contributed by atoms with van der Waals surface area (Å²) in [7, 11) is 0. The number of carbonyl (C=O) groups is 1. The van der Waals surface area contributed by atoms with Gasteiger partial charge in [-0.2, -0.15) is 0 Å². The molecule has 1 saturated heterocycles. The van der Waals surface area contributed by atoms with E-state index in [9.17, 15) is 4.79 Å². The van der Waals surface area contributed by atoms with Crippen LogP contribution in [0.3, 0.4) is 0 Å². The van der Waals surface area contributed by atoms with Crippen LogP contribution in [0.1, 0.15) is 19.3 Å². The Morgan fingerprint density at radius 3 is 2.95 bits per heavy atom. The molecule has 2 rings (SSSR count). The number of carbonyl (C=O) groups excluding carboxylic acids is 1. The average Bonchev–Trinajstić information content (AvgIpc) is 2.46. The Hall–Kier alpha value is -0.750. The van der Waals surface area contributed by atoms with E-state index in [0.717, 1.165) is 25.8 Å². The van der Waals surface area contributed by atoms with E-state index in [0.29, 0.717) is 24.1 Å². The number of piperidine rings is 1. The molecule has 21 heavy (non-hydrogen) atoms. The van der Waals surface area contributed by atoms with Gasteiger partial charge in [0.15, 0.2) is 0 Å². The highest BCUT2D eigenvalue weighted by Crippen LogP contribution is 2.19. The molecule has 1 amide bonds. The minimum Gasteiger partial charge on any atom is -0.475 e. The lowest BCUT2D eigenvalue weighted by molar-refractivity contribution is -0.123. The molecule has 0 aromatic carbocycles. The predicted molar refractivity (Wildman–Crippen MR) is 87.9 cm³/mol. The third-order valence-electron chi connectivity index (χ3n) is 2.99. The zero-order valence-electron chi connectivity index (χ0n) is 11.5. The van der Waals surface area contributed by atoms with Gasteiger partial charge >= 0.3 is 0 Å². The van der Waals surface area contributed by atoms with E-state index < -0.39 is 0 Å². The molecule has 2 N–H and O–H groups in total. The van der Waals surface area contributed by atoms with Crippen molar-refractivity contribution in [3.05, 3.63) is 23.4 Å². The maximum absolute atomic E-state index is 11.8. The number of nitrogens with zero attached hydrogens (tertiary/aromatic N) is 1. The van der Waals surface area contributed by atoms with Crippen LogP contribution < -0.4 is 15.4 Å². The van der Waals surface area contributed by atoms with Gasteiger partial charge in [0, 0.05) is 6.20 Å². The molecule has 1 atom stereocenters. The first kappa shape index (κ1) is 20.2. The molecule has 0 unspecified atom stereocenters. The second-order valence-corrected chi connectivity index (χ2v) is 4.84. The number of ether oxygens (including phenoxy) is 1. The molecule has 1 aliphatic heterocycles. The zero-order chi connectivity index (χ0) is 13.5. The fraction of sp³-hybridized carbons (Fsp3) is 0.538. The Morgan fingerprint density at radius 1 is 1.48 bits per heavy atom. The Labute approximate surface area is 142 Å². The summed E-state index contributed by atoms with van der Waals surface area (Å²) >= 11 is 5.90. The summed E-state index contributed by atoms with van der Waals surface area (Å²) in [5, 5.41) is 6.52. The topological polar surface area (TPSA) is 63.2 Å². The van der Waals surface area contributed by atoms with Crippen LogP contribution in [-0.4, -0.2) is 36.6 Å². The van der Waals surface area contributed by atoms with Gasteiger partial charge in [-0.05, 0) is 31.5 Å². The van der Waals surface area contributed by atoms with E-state index in [4.69, 9.17) is 16.3 Å². The number of halogens is 3. The van der Waals surface area contributed by atoms with Gasteiger partial charge in [-0.1, -0.05) is 18.0 Å². The lowest BCUT2D eigenvalue weighted by atomic mass is 10.0. The van der Waals surface area contributed by atoms with Crippen molar-refractivity contribution < 1.29 is 9.53 Å². The predicted octanol–water partition coefficient (Wildman–Crippen LogP) is 2.22. The molecule has 1 fully saturated rings. The van der Waals surface area contributed by atoms with E-state index in [-0.39, 0.29) is 36.8 Å². The van der Waals surface area contributed by atoms with Crippen molar-refractivity contribution in [3.63, 3.8) is 0 Å². The monoisotopic (exact) mass is 355 g/mol. The van der Waals surface area contributed by atoms with Crippen LogP contribution in [0.2, 0.25) is 5.02 Å². The van der Waals surface area contributed by atoms with Gasteiger partial charge in [-0.3, -0.25) is 4.79 Å². The van der Waals surface area contributed by atoms with E-state index in [1.807, 2.05) is 0 Å². The van der Waals surface area contributed by atoms with Gasteiger partial charge in [0.05, 0.1) is 12.6 Å². The molecule has 0 aliphatic carbocycles. The second kappa shape index (κ2) is 10.9. The van der Waals surface area contributed by atoms with Crippen LogP contribution in [0.5, 0.6) is 5.88 Å². The first-order valence-corrected chi connectivity index (χ1v) is 6.89. The molecular formula is C13H20Cl3N3O2. The highest BCUT2D eigenvalue weighted by molar-refractivity contribution is 6.31. The fourth-order valence-corrected chi connectivity index (χ4v) is 2.17. The highest BCUT2D eigenvalue weighted by Gasteiger charge is 2.19. The van der Waals surface area contributed by atoms with Crippen molar-refractivity contribution >= 4 is 42.3 Å². The molecule has 5 nitrogen and oxygen atoms in total. The van der Waals surface area contributed by atoms with E-state index in [1.54, 1.807) is 18.3 Å². The second-order valence-electron chi connectivity index (χ2n) is 4.43. The number of pyridine rings is 1. The van der Waals surface area contributed by atoms with Gasteiger partial charge in [0.2, 0.25) is 11.8 Å². The van der Waals surface area contributed by atoms with Crippen molar-refractivity contribution in [1.29, 1.82) is 0 Å². The first-order chi connectivity index (χ1) is 9.27. The summed E-state index contributed by atoms with van der Waals surface area (Å²) in [6, 6.07) is 3.40. The molecule has 120 valence electrons. The molecule has 0 saturated carbocycles. The minimum atomic E-state index is -0.0628. The quantitative estimate of drug-likeness (QED) is 0.794. The smallest absolute Gasteiger partial charge is 0.237 e. The van der Waals surface area contributed by atoms with Crippen molar-refractivity contribution in [1.82, 2.24) is 15.6 Å². The maximum Gasteiger partial charge on any atom is 0.237 e. The SMILES string of the molecule is Cl.Cl.O=C(NCCOc1ncccc1Cl)[C@H]1CCCCN1. The number of hydrogen-bond acceptors (Lipinski definition) is 4. The third-order valence-corrected chi connectivity index (χ3v) is 3.28. The Bertz CT molecular complexity index is 429. The number of amides is 1. The van der Waals surface area contributed by atoms with Crippen molar-refractivity contribution in [2.24, 2.45) is 0 Å². The fourth-order valence-electron chi connectivity index (χ4n) is 2.00. The van der Waals surface area contributed by atoms with Gasteiger partial charge < -0.3 is 15.4 Å². The first-order valence-electron chi connectivity index (χ1n) is 6.52. The van der Waals surface area contributed by atoms with Crippen molar-refractivity contribution in [3.8, 4) is 5.88 Å². The van der Waals surface area contributed by atoms with Gasteiger partial charge in [0.25, 0.3) is 0 Å². The van der Waals surface area contributed by atoms with E-state index in [2.05, 4.69) is 15.6 Å². The maximum atomic E-state index is 11.8. The molecule has 0 bridgehead atoms. The van der Waals surface area contributed by atoms with Crippen molar-refractivity contribution in [2.75, 3.05) is 19.7 Å². The molecular weight excluding hydrogens is 337 g/mol. The lowest BCUT2D eigenvalue weighted by Gasteiger charge is -2.22. The van der Waals surface area contributed by atoms with E-state index in [1.165, 1.54) is 0 Å². The van der Waals surface area contributed by atoms with Crippen LogP contribution in [0.4, 0.5) is 0 Å². The molecule has 0 radical (unpaired) electrons. The molecule has 1 aliphatic rings. The zero-order valence-corrected chi connectivity index (χ0v) is 13.9. The Balaban J connectivity index is 0.00000200. The van der Waals surface area contributed by atoms with Crippen LogP contribution >= 0.6 is 36.4 Å². The summed E-state index contributed by atoms with van der Waals surface area (Å²) in [4.78, 5) is 15.8. The van der Waals surface area contributed by atoms with Crippen LogP contribution in [-0.2, 0) is 4.79 Å². The molecule has 8 heteroatoms. The van der Waals surface area contributed by atoms with Gasteiger partial charge in [0.1, 0.15) is 11.6 Å². The van der Waals surface area contributed by atoms with Crippen LogP contribution in [0.25, 0.3) is 0 Å². The van der Waals surface area contributed by atoms with Gasteiger partial charge in [-0.25, -0.2) is 4.98 Å². The summed E-state index contributed by atoms with van der Waals surface area (Å²) < 4.78 is 5.40. The Kier molecular flexibility index (Phi) is 10.5. The van der Waals surface area contributed by atoms with E-state index >= 15 is 0 Å². The van der Waals surface area contributed by atoms with Crippen LogP contribution in [0.15, 0.2) is 18.3 Å². The molecule has 0 spiro atoms. The molecule has 2 heterocycles. The number of aromatic nitrogens is 1. The molecule has 1 aromatic rings. The van der Waals surface area contributed by atoms with Gasteiger partial charge in [-0.15, -0.1) is 24.8 Å². The Morgan fingerprint density at radius 2 is 2.29 bits per heavy atom. The third kappa shape index (κ3) is 6.70. The van der Waals surface area contributed by atoms with Crippen molar-refractivity contribution in [2.45, 2.75) is 25.3 Å². The number of hydrogen-bond donors (Lipinski definition) is 2. The highest BCUT2D eigenvalue weighted by atomic mass is 35.5. The molecule has 1 aromatic heterocycles. The lowest BCUT2D eigenvalue weighted by Crippen LogP contribution is -2.47. The summed E-state index contributed by atoms with van der Waals surface area (Å²) in [5.41, 5.74) is 0. The normalized spacial score (nSPS) is 17.1. The number of rotatable bonds is 5.